The number of hydrogen-bond acceptors (Lipinski definition) is 9. The van der Waals surface area contributed by atoms with Crippen molar-refractivity contribution in [3.8, 4) is 17.4 Å². The van der Waals surface area contributed by atoms with E-state index in [1.807, 2.05) is 0 Å². The first kappa shape index (κ1) is 21.0. The maximum Gasteiger partial charge on any atom is 0.491 e. The molecule has 0 aliphatic heterocycles. The standard InChI is InChI=1S/C20H14F3N5O4/c1-9-10-5-4-8-13(31-2)15(10)26-18(24-9)28-19-25-14-11(6-3-7-12(14)29)16(27-19)32-17(30)20(21,22)23/h3-8,29H,1-2H3,(H,24,25,26,27,28). The normalized spacial score (nSPS) is 11.5. The lowest BCUT2D eigenvalue weighted by molar-refractivity contribution is -0.189. The zero-order valence-electron chi connectivity index (χ0n) is 16.6. The molecule has 9 nitrogen and oxygen atoms in total. The van der Waals surface area contributed by atoms with Gasteiger partial charge in [-0.15, -0.1) is 0 Å². The van der Waals surface area contributed by atoms with E-state index in [9.17, 15) is 23.1 Å². The Labute approximate surface area is 177 Å². The van der Waals surface area contributed by atoms with E-state index in [1.165, 1.54) is 25.3 Å². The second kappa shape index (κ2) is 7.80. The predicted molar refractivity (Wildman–Crippen MR) is 107 cm³/mol. The van der Waals surface area contributed by atoms with Crippen LogP contribution >= 0.6 is 0 Å². The number of esters is 1. The summed E-state index contributed by atoms with van der Waals surface area (Å²) < 4.78 is 47.9. The van der Waals surface area contributed by atoms with Gasteiger partial charge in [0.2, 0.25) is 17.8 Å². The van der Waals surface area contributed by atoms with Gasteiger partial charge in [-0.05, 0) is 25.1 Å². The van der Waals surface area contributed by atoms with Gasteiger partial charge in [0.1, 0.15) is 22.5 Å². The summed E-state index contributed by atoms with van der Waals surface area (Å²) >= 11 is 0. The van der Waals surface area contributed by atoms with Crippen LogP contribution in [-0.4, -0.2) is 44.3 Å². The first-order chi connectivity index (χ1) is 15.2. The Morgan fingerprint density at radius 1 is 0.969 bits per heavy atom. The Balaban J connectivity index is 1.81. The number of alkyl halides is 3. The Morgan fingerprint density at radius 3 is 2.34 bits per heavy atom. The summed E-state index contributed by atoms with van der Waals surface area (Å²) in [5, 5.41) is 13.4. The highest BCUT2D eigenvalue weighted by Gasteiger charge is 2.42. The Kier molecular flexibility index (Phi) is 5.12. The SMILES string of the molecule is COc1cccc2c(C)nc(Nc3nc(OC(=O)C(F)(F)F)c4cccc(O)c4n3)nc12. The molecule has 0 aliphatic carbocycles. The molecule has 2 heterocycles. The van der Waals surface area contributed by atoms with Crippen LogP contribution < -0.4 is 14.8 Å². The third-order valence-corrected chi connectivity index (χ3v) is 4.41. The zero-order valence-corrected chi connectivity index (χ0v) is 16.6. The summed E-state index contributed by atoms with van der Waals surface area (Å²) in [6, 6.07) is 9.21. The minimum absolute atomic E-state index is 0.0161. The van der Waals surface area contributed by atoms with Crippen LogP contribution in [0.4, 0.5) is 25.1 Å². The molecule has 2 N–H and O–H groups in total. The largest absolute Gasteiger partial charge is 0.506 e. The molecule has 0 spiro atoms. The summed E-state index contributed by atoms with van der Waals surface area (Å²) in [6.07, 6.45) is -5.24. The van der Waals surface area contributed by atoms with Crippen LogP contribution in [0.5, 0.6) is 17.4 Å². The molecular formula is C20H14F3N5O4. The summed E-state index contributed by atoms with van der Waals surface area (Å²) in [5.41, 5.74) is 0.936. The van der Waals surface area contributed by atoms with E-state index in [0.717, 1.165) is 5.39 Å². The lowest BCUT2D eigenvalue weighted by Crippen LogP contribution is -2.28. The minimum atomic E-state index is -5.24. The Morgan fingerprint density at radius 2 is 1.62 bits per heavy atom. The summed E-state index contributed by atoms with van der Waals surface area (Å²) in [6.45, 7) is 1.73. The molecule has 12 heteroatoms. The first-order valence-corrected chi connectivity index (χ1v) is 9.04. The minimum Gasteiger partial charge on any atom is -0.506 e. The second-order valence-electron chi connectivity index (χ2n) is 6.53. The van der Waals surface area contributed by atoms with Crippen LogP contribution in [-0.2, 0) is 4.79 Å². The molecular weight excluding hydrogens is 431 g/mol. The van der Waals surface area contributed by atoms with Crippen LogP contribution in [0.15, 0.2) is 36.4 Å². The van der Waals surface area contributed by atoms with E-state index in [-0.39, 0.29) is 28.5 Å². The third kappa shape index (κ3) is 3.89. The molecule has 32 heavy (non-hydrogen) atoms. The highest BCUT2D eigenvalue weighted by atomic mass is 19.4. The van der Waals surface area contributed by atoms with Crippen molar-refractivity contribution in [2.24, 2.45) is 0 Å². The van der Waals surface area contributed by atoms with Crippen molar-refractivity contribution in [2.45, 2.75) is 13.1 Å². The van der Waals surface area contributed by atoms with Gasteiger partial charge in [0.25, 0.3) is 0 Å². The van der Waals surface area contributed by atoms with Gasteiger partial charge in [-0.2, -0.15) is 18.2 Å². The molecule has 0 fully saturated rings. The predicted octanol–water partition coefficient (Wildman–Crippen LogP) is 3.81. The zero-order chi connectivity index (χ0) is 23.0. The number of anilines is 2. The smallest absolute Gasteiger partial charge is 0.491 e. The van der Waals surface area contributed by atoms with E-state index in [0.29, 0.717) is 17.0 Å². The number of fused-ring (bicyclic) bond motifs is 2. The van der Waals surface area contributed by atoms with Crippen LogP contribution in [0.1, 0.15) is 5.69 Å². The number of para-hydroxylation sites is 2. The molecule has 0 aliphatic rings. The fraction of sp³-hybridized carbons (Fsp3) is 0.150. The number of benzene rings is 2. The quantitative estimate of drug-likeness (QED) is 0.452. The Bertz CT molecular complexity index is 1360. The van der Waals surface area contributed by atoms with Crippen molar-refractivity contribution in [1.29, 1.82) is 0 Å². The maximum absolute atomic E-state index is 12.7. The van der Waals surface area contributed by atoms with E-state index < -0.39 is 18.0 Å². The van der Waals surface area contributed by atoms with Crippen LogP contribution in [0.2, 0.25) is 0 Å². The highest BCUT2D eigenvalue weighted by molar-refractivity contribution is 5.92. The molecule has 0 bridgehead atoms. The van der Waals surface area contributed by atoms with Gasteiger partial charge in [0, 0.05) is 5.39 Å². The fourth-order valence-electron chi connectivity index (χ4n) is 2.99. The van der Waals surface area contributed by atoms with E-state index in [2.05, 4.69) is 30.0 Å². The number of rotatable bonds is 4. The molecule has 0 unspecified atom stereocenters. The summed E-state index contributed by atoms with van der Waals surface area (Å²) in [7, 11) is 1.48. The van der Waals surface area contributed by atoms with Gasteiger partial charge in [-0.3, -0.25) is 5.32 Å². The van der Waals surface area contributed by atoms with Crippen molar-refractivity contribution in [3.05, 3.63) is 42.1 Å². The number of methoxy groups -OCH3 is 1. The van der Waals surface area contributed by atoms with Crippen LogP contribution in [0.3, 0.4) is 0 Å². The number of phenolic OH excluding ortho intramolecular Hbond substituents is 1. The fourth-order valence-corrected chi connectivity index (χ4v) is 2.99. The van der Waals surface area contributed by atoms with Gasteiger partial charge in [-0.1, -0.05) is 18.2 Å². The average Bonchev–Trinajstić information content (AvgIpc) is 2.73. The molecule has 0 saturated carbocycles. The van der Waals surface area contributed by atoms with Gasteiger partial charge in [0.05, 0.1) is 18.2 Å². The maximum atomic E-state index is 12.7. The van der Waals surface area contributed by atoms with Gasteiger partial charge in [0.15, 0.2) is 0 Å². The third-order valence-electron chi connectivity index (χ3n) is 4.41. The van der Waals surface area contributed by atoms with Gasteiger partial charge < -0.3 is 14.6 Å². The van der Waals surface area contributed by atoms with Crippen molar-refractivity contribution in [3.63, 3.8) is 0 Å². The molecule has 2 aromatic heterocycles. The summed E-state index contributed by atoms with van der Waals surface area (Å²) in [5.74, 6) is -3.30. The number of halogens is 3. The second-order valence-corrected chi connectivity index (χ2v) is 6.53. The van der Waals surface area contributed by atoms with Crippen LogP contribution in [0.25, 0.3) is 21.8 Å². The molecule has 0 saturated heterocycles. The average molecular weight is 445 g/mol. The molecule has 0 amide bonds. The number of ether oxygens (including phenoxy) is 2. The van der Waals surface area contributed by atoms with Crippen molar-refractivity contribution in [1.82, 2.24) is 19.9 Å². The number of carbonyl (C=O) groups is 1. The summed E-state index contributed by atoms with van der Waals surface area (Å²) in [4.78, 5) is 28.0. The van der Waals surface area contributed by atoms with Crippen molar-refractivity contribution >= 4 is 39.7 Å². The molecule has 4 rings (SSSR count). The highest BCUT2D eigenvalue weighted by Crippen LogP contribution is 2.32. The molecule has 0 radical (unpaired) electrons. The molecule has 2 aromatic carbocycles. The van der Waals surface area contributed by atoms with Gasteiger partial charge in [-0.25, -0.2) is 19.7 Å². The molecule has 4 aromatic rings. The number of phenols is 1. The van der Waals surface area contributed by atoms with E-state index >= 15 is 0 Å². The van der Waals surface area contributed by atoms with Gasteiger partial charge >= 0.3 is 12.1 Å². The van der Waals surface area contributed by atoms with Crippen molar-refractivity contribution in [2.75, 3.05) is 12.4 Å². The number of carbonyl (C=O) groups excluding carboxylic acids is 1. The number of aromatic hydroxyl groups is 1. The lowest BCUT2D eigenvalue weighted by atomic mass is 10.2. The first-order valence-electron chi connectivity index (χ1n) is 9.04. The molecule has 164 valence electrons. The van der Waals surface area contributed by atoms with Crippen LogP contribution in [0, 0.1) is 6.92 Å². The number of nitrogens with zero attached hydrogens (tertiary/aromatic N) is 4. The van der Waals surface area contributed by atoms with Crippen molar-refractivity contribution < 1.29 is 32.5 Å². The van der Waals surface area contributed by atoms with E-state index in [4.69, 9.17) is 4.74 Å². The van der Waals surface area contributed by atoms with E-state index in [1.54, 1.807) is 25.1 Å². The number of aryl methyl sites for hydroxylation is 1. The topological polar surface area (TPSA) is 119 Å². The number of hydrogen-bond donors (Lipinski definition) is 2. The Hall–Kier alpha value is -4.22. The number of nitrogens with one attached hydrogen (secondary N) is 1. The lowest BCUT2D eigenvalue weighted by Gasteiger charge is -2.12. The monoisotopic (exact) mass is 445 g/mol. The number of aromatic nitrogens is 4. The molecule has 0 atom stereocenters.